The molecular formula is C23H31N5O3. The van der Waals surface area contributed by atoms with E-state index in [4.69, 9.17) is 0 Å². The van der Waals surface area contributed by atoms with Gasteiger partial charge in [0.1, 0.15) is 0 Å². The molecule has 8 nitrogen and oxygen atoms in total. The topological polar surface area (TPSA) is 90.9 Å². The number of para-hydroxylation sites is 1. The molecule has 2 aromatic heterocycles. The molecule has 166 valence electrons. The van der Waals surface area contributed by atoms with Gasteiger partial charge in [0.15, 0.2) is 11.2 Å². The standard InChI is InChI=1S/C23H31N5O3/c1-14(2)16-9-7-10-17(15(3)4)19(16)25-18(29)11-8-12-28-13-24-21-20(28)22(30)27(6)23(31)26(21)5/h7,9-10,13-15H,8,11-12H2,1-6H3,(H,25,29). The van der Waals surface area contributed by atoms with Crippen molar-refractivity contribution >= 4 is 22.8 Å². The minimum Gasteiger partial charge on any atom is -0.326 e. The Hall–Kier alpha value is -3.16. The van der Waals surface area contributed by atoms with Crippen LogP contribution in [0.5, 0.6) is 0 Å². The number of nitrogens with zero attached hydrogens (tertiary/aromatic N) is 4. The van der Waals surface area contributed by atoms with Gasteiger partial charge in [-0.3, -0.25) is 18.7 Å². The van der Waals surface area contributed by atoms with Crippen LogP contribution in [0.3, 0.4) is 0 Å². The van der Waals surface area contributed by atoms with Crippen LogP contribution < -0.4 is 16.6 Å². The zero-order valence-electron chi connectivity index (χ0n) is 19.1. The summed E-state index contributed by atoms with van der Waals surface area (Å²) in [6.45, 7) is 8.93. The van der Waals surface area contributed by atoms with Gasteiger partial charge in [0.05, 0.1) is 6.33 Å². The molecule has 0 aliphatic rings. The lowest BCUT2D eigenvalue weighted by atomic mass is 9.92. The highest BCUT2D eigenvalue weighted by Gasteiger charge is 2.17. The van der Waals surface area contributed by atoms with Crippen molar-refractivity contribution in [2.45, 2.75) is 58.9 Å². The lowest BCUT2D eigenvalue weighted by Gasteiger charge is -2.20. The van der Waals surface area contributed by atoms with Crippen molar-refractivity contribution in [3.05, 3.63) is 56.5 Å². The van der Waals surface area contributed by atoms with E-state index in [-0.39, 0.29) is 11.5 Å². The smallest absolute Gasteiger partial charge is 0.326 e. The number of benzene rings is 1. The first kappa shape index (κ1) is 22.5. The van der Waals surface area contributed by atoms with Crippen LogP contribution in [-0.2, 0) is 25.4 Å². The van der Waals surface area contributed by atoms with Gasteiger partial charge in [-0.25, -0.2) is 9.78 Å². The Kier molecular flexibility index (Phi) is 6.48. The predicted octanol–water partition coefficient (Wildman–Crippen LogP) is 3.10. The van der Waals surface area contributed by atoms with Crippen molar-refractivity contribution < 1.29 is 4.79 Å². The zero-order chi connectivity index (χ0) is 22.9. The molecule has 0 aliphatic heterocycles. The number of rotatable bonds is 7. The van der Waals surface area contributed by atoms with Gasteiger partial charge in [0.25, 0.3) is 5.56 Å². The maximum Gasteiger partial charge on any atom is 0.332 e. The van der Waals surface area contributed by atoms with E-state index < -0.39 is 5.69 Å². The third-order valence-electron chi connectivity index (χ3n) is 5.66. The SMILES string of the molecule is CC(C)c1cccc(C(C)C)c1NC(=O)CCCn1cnc2c1c(=O)n(C)c(=O)n2C. The average Bonchev–Trinajstić information content (AvgIpc) is 3.14. The number of hydrogen-bond acceptors (Lipinski definition) is 4. The number of amides is 1. The van der Waals surface area contributed by atoms with Gasteiger partial charge in [-0.05, 0) is 29.4 Å². The van der Waals surface area contributed by atoms with Gasteiger partial charge in [0.2, 0.25) is 5.91 Å². The fourth-order valence-electron chi connectivity index (χ4n) is 3.87. The van der Waals surface area contributed by atoms with Crippen molar-refractivity contribution in [3.8, 4) is 0 Å². The molecule has 31 heavy (non-hydrogen) atoms. The largest absolute Gasteiger partial charge is 0.332 e. The molecule has 0 bridgehead atoms. The summed E-state index contributed by atoms with van der Waals surface area (Å²) in [6.07, 6.45) is 2.41. The van der Waals surface area contributed by atoms with Crippen LogP contribution in [0.4, 0.5) is 5.69 Å². The molecule has 0 saturated heterocycles. The molecule has 1 amide bonds. The highest BCUT2D eigenvalue weighted by Crippen LogP contribution is 2.32. The zero-order valence-corrected chi connectivity index (χ0v) is 19.1. The summed E-state index contributed by atoms with van der Waals surface area (Å²) in [5, 5.41) is 3.12. The minimum absolute atomic E-state index is 0.0558. The summed E-state index contributed by atoms with van der Waals surface area (Å²) in [7, 11) is 3.04. The van der Waals surface area contributed by atoms with Crippen LogP contribution >= 0.6 is 0 Å². The number of carbonyl (C=O) groups is 1. The Bertz CT molecular complexity index is 1200. The number of aromatic nitrogens is 4. The van der Waals surface area contributed by atoms with E-state index in [2.05, 4.69) is 50.1 Å². The molecule has 8 heteroatoms. The lowest BCUT2D eigenvalue weighted by Crippen LogP contribution is -2.37. The van der Waals surface area contributed by atoms with Gasteiger partial charge >= 0.3 is 5.69 Å². The molecule has 0 unspecified atom stereocenters. The van der Waals surface area contributed by atoms with Crippen LogP contribution in [0.2, 0.25) is 0 Å². The Morgan fingerprint density at radius 3 is 2.23 bits per heavy atom. The number of hydrogen-bond donors (Lipinski definition) is 1. The normalized spacial score (nSPS) is 11.6. The van der Waals surface area contributed by atoms with Crippen molar-refractivity contribution in [1.29, 1.82) is 0 Å². The lowest BCUT2D eigenvalue weighted by molar-refractivity contribution is -0.116. The summed E-state index contributed by atoms with van der Waals surface area (Å²) in [5.74, 6) is 0.545. The van der Waals surface area contributed by atoms with Crippen LogP contribution in [0.25, 0.3) is 11.2 Å². The molecular weight excluding hydrogens is 394 g/mol. The second-order valence-corrected chi connectivity index (χ2v) is 8.59. The van der Waals surface area contributed by atoms with Gasteiger partial charge in [-0.15, -0.1) is 0 Å². The van der Waals surface area contributed by atoms with E-state index in [1.165, 1.54) is 11.6 Å². The second kappa shape index (κ2) is 8.91. The average molecular weight is 426 g/mol. The minimum atomic E-state index is -0.410. The molecule has 0 radical (unpaired) electrons. The molecule has 0 spiro atoms. The van der Waals surface area contributed by atoms with Gasteiger partial charge < -0.3 is 9.88 Å². The molecule has 0 saturated carbocycles. The summed E-state index contributed by atoms with van der Waals surface area (Å²) < 4.78 is 4.14. The highest BCUT2D eigenvalue weighted by atomic mass is 16.2. The van der Waals surface area contributed by atoms with E-state index in [9.17, 15) is 14.4 Å². The van der Waals surface area contributed by atoms with Crippen LogP contribution in [0.1, 0.15) is 63.5 Å². The molecule has 2 heterocycles. The van der Waals surface area contributed by atoms with Crippen molar-refractivity contribution in [2.75, 3.05) is 5.32 Å². The Balaban J connectivity index is 1.76. The van der Waals surface area contributed by atoms with Crippen molar-refractivity contribution in [2.24, 2.45) is 14.1 Å². The Labute approximate surface area is 181 Å². The first-order valence-electron chi connectivity index (χ1n) is 10.7. The number of imidazole rings is 1. The fraction of sp³-hybridized carbons (Fsp3) is 0.478. The van der Waals surface area contributed by atoms with E-state index in [1.54, 1.807) is 17.9 Å². The molecule has 1 aromatic carbocycles. The third kappa shape index (κ3) is 4.33. The summed E-state index contributed by atoms with van der Waals surface area (Å²) >= 11 is 0. The Morgan fingerprint density at radius 1 is 1.03 bits per heavy atom. The first-order chi connectivity index (χ1) is 14.6. The maximum atomic E-state index is 12.7. The van der Waals surface area contributed by atoms with Crippen molar-refractivity contribution in [1.82, 2.24) is 18.7 Å². The first-order valence-corrected chi connectivity index (χ1v) is 10.7. The number of fused-ring (bicyclic) bond motifs is 1. The van der Waals surface area contributed by atoms with E-state index in [1.807, 2.05) is 6.07 Å². The van der Waals surface area contributed by atoms with Crippen molar-refractivity contribution in [3.63, 3.8) is 0 Å². The summed E-state index contributed by atoms with van der Waals surface area (Å²) in [6, 6.07) is 6.16. The second-order valence-electron chi connectivity index (χ2n) is 8.59. The van der Waals surface area contributed by atoms with E-state index >= 15 is 0 Å². The quantitative estimate of drug-likeness (QED) is 0.630. The molecule has 1 N–H and O–H groups in total. The summed E-state index contributed by atoms with van der Waals surface area (Å²) in [5.41, 5.74) is 3.10. The van der Waals surface area contributed by atoms with Crippen LogP contribution in [0.15, 0.2) is 34.1 Å². The predicted molar refractivity (Wildman–Crippen MR) is 123 cm³/mol. The van der Waals surface area contributed by atoms with Gasteiger partial charge in [0, 0.05) is 32.7 Å². The maximum absolute atomic E-state index is 12.7. The number of carbonyl (C=O) groups excluding carboxylic acids is 1. The van der Waals surface area contributed by atoms with E-state index in [0.717, 1.165) is 21.4 Å². The molecule has 0 fully saturated rings. The molecule has 0 aliphatic carbocycles. The Morgan fingerprint density at radius 2 is 1.65 bits per heavy atom. The van der Waals surface area contributed by atoms with E-state index in [0.29, 0.717) is 42.4 Å². The number of anilines is 1. The van der Waals surface area contributed by atoms with Crippen LogP contribution in [0, 0.1) is 0 Å². The molecule has 0 atom stereocenters. The fourth-order valence-corrected chi connectivity index (χ4v) is 3.87. The van der Waals surface area contributed by atoms with Gasteiger partial charge in [-0.1, -0.05) is 45.9 Å². The van der Waals surface area contributed by atoms with Crippen LogP contribution in [-0.4, -0.2) is 24.6 Å². The number of nitrogens with one attached hydrogen (secondary N) is 1. The molecule has 3 aromatic rings. The summed E-state index contributed by atoms with van der Waals surface area (Å²) in [4.78, 5) is 41.5. The van der Waals surface area contributed by atoms with Gasteiger partial charge in [-0.2, -0.15) is 0 Å². The monoisotopic (exact) mass is 425 g/mol. The molecule has 3 rings (SSSR count). The number of aryl methyl sites for hydroxylation is 2. The third-order valence-corrected chi connectivity index (χ3v) is 5.66. The highest BCUT2D eigenvalue weighted by molar-refractivity contribution is 5.92.